The van der Waals surface area contributed by atoms with Crippen LogP contribution in [0, 0.1) is 0 Å². The number of thioether (sulfide) groups is 1. The molecular formula is C9H11BrN2S. The van der Waals surface area contributed by atoms with E-state index in [2.05, 4.69) is 27.3 Å². The average molecular weight is 259 g/mol. The zero-order chi connectivity index (χ0) is 9.26. The van der Waals surface area contributed by atoms with Gasteiger partial charge in [0.15, 0.2) is 0 Å². The van der Waals surface area contributed by atoms with Gasteiger partial charge in [0.2, 0.25) is 0 Å². The van der Waals surface area contributed by atoms with Crippen molar-refractivity contribution in [2.24, 2.45) is 0 Å². The first-order valence-corrected chi connectivity index (χ1v) is 5.85. The maximum atomic E-state index is 5.88. The molecule has 0 amide bonds. The fourth-order valence-electron chi connectivity index (χ4n) is 1.15. The van der Waals surface area contributed by atoms with Crippen LogP contribution in [0.3, 0.4) is 0 Å². The average Bonchev–Trinajstić information content (AvgIpc) is 1.99. The molecule has 2 nitrogen and oxygen atoms in total. The first kappa shape index (κ1) is 9.37. The van der Waals surface area contributed by atoms with Crippen molar-refractivity contribution in [2.75, 3.05) is 18.8 Å². The Morgan fingerprint density at radius 1 is 1.46 bits per heavy atom. The molecule has 0 aliphatic carbocycles. The molecule has 0 bridgehead atoms. The SMILES string of the molecule is Nc1cc(Br)ccc1SC1CNC1. The van der Waals surface area contributed by atoms with Gasteiger partial charge in [0.25, 0.3) is 0 Å². The Balaban J connectivity index is 2.10. The summed E-state index contributed by atoms with van der Waals surface area (Å²) < 4.78 is 1.04. The minimum absolute atomic E-state index is 0.698. The summed E-state index contributed by atoms with van der Waals surface area (Å²) in [5.41, 5.74) is 6.74. The zero-order valence-corrected chi connectivity index (χ0v) is 9.49. The van der Waals surface area contributed by atoms with Crippen LogP contribution < -0.4 is 11.1 Å². The lowest BCUT2D eigenvalue weighted by atomic mass is 10.3. The fraction of sp³-hybridized carbons (Fsp3) is 0.333. The molecule has 1 aliphatic rings. The highest BCUT2D eigenvalue weighted by Gasteiger charge is 2.18. The Hall–Kier alpha value is -0.190. The molecule has 1 saturated heterocycles. The molecule has 0 radical (unpaired) electrons. The van der Waals surface area contributed by atoms with E-state index in [1.165, 1.54) is 4.90 Å². The standard InChI is InChI=1S/C9H11BrN2S/c10-6-1-2-9(8(11)3-6)13-7-4-12-5-7/h1-3,7,12H,4-5,11H2. The van der Waals surface area contributed by atoms with Crippen molar-refractivity contribution in [3.8, 4) is 0 Å². The van der Waals surface area contributed by atoms with E-state index in [0.29, 0.717) is 5.25 Å². The second kappa shape index (κ2) is 3.90. The third kappa shape index (κ3) is 2.18. The lowest BCUT2D eigenvalue weighted by Crippen LogP contribution is -2.44. The van der Waals surface area contributed by atoms with Crippen LogP contribution in [0.4, 0.5) is 5.69 Å². The minimum Gasteiger partial charge on any atom is -0.398 e. The maximum absolute atomic E-state index is 5.88. The molecule has 13 heavy (non-hydrogen) atoms. The zero-order valence-electron chi connectivity index (χ0n) is 7.09. The van der Waals surface area contributed by atoms with Crippen LogP contribution in [0.2, 0.25) is 0 Å². The van der Waals surface area contributed by atoms with Crippen LogP contribution in [0.25, 0.3) is 0 Å². The molecule has 1 aliphatic heterocycles. The second-order valence-electron chi connectivity index (χ2n) is 3.08. The summed E-state index contributed by atoms with van der Waals surface area (Å²) in [5, 5.41) is 3.94. The third-order valence-corrected chi connectivity index (χ3v) is 3.80. The Labute approximate surface area is 90.4 Å². The van der Waals surface area contributed by atoms with E-state index in [-0.39, 0.29) is 0 Å². The van der Waals surface area contributed by atoms with Gasteiger partial charge < -0.3 is 11.1 Å². The van der Waals surface area contributed by atoms with Crippen molar-refractivity contribution in [2.45, 2.75) is 10.1 Å². The van der Waals surface area contributed by atoms with Crippen molar-refractivity contribution in [1.82, 2.24) is 5.32 Å². The van der Waals surface area contributed by atoms with Crippen molar-refractivity contribution in [3.05, 3.63) is 22.7 Å². The number of nitrogens with two attached hydrogens (primary N) is 1. The molecule has 1 fully saturated rings. The number of rotatable bonds is 2. The van der Waals surface area contributed by atoms with E-state index in [0.717, 1.165) is 23.2 Å². The quantitative estimate of drug-likeness (QED) is 0.799. The Kier molecular flexibility index (Phi) is 2.81. The summed E-state index contributed by atoms with van der Waals surface area (Å²) in [4.78, 5) is 1.19. The van der Waals surface area contributed by atoms with E-state index < -0.39 is 0 Å². The monoisotopic (exact) mass is 258 g/mol. The van der Waals surface area contributed by atoms with Crippen LogP contribution in [0.5, 0.6) is 0 Å². The summed E-state index contributed by atoms with van der Waals surface area (Å²) in [6, 6.07) is 6.06. The molecule has 0 spiro atoms. The molecule has 0 aromatic heterocycles. The predicted molar refractivity (Wildman–Crippen MR) is 61.1 cm³/mol. The van der Waals surface area contributed by atoms with Gasteiger partial charge in [0.05, 0.1) is 0 Å². The number of hydrogen-bond acceptors (Lipinski definition) is 3. The summed E-state index contributed by atoms with van der Waals surface area (Å²) in [7, 11) is 0. The van der Waals surface area contributed by atoms with Gasteiger partial charge in [-0.15, -0.1) is 11.8 Å². The molecule has 2 rings (SSSR count). The van der Waals surface area contributed by atoms with Crippen molar-refractivity contribution >= 4 is 33.4 Å². The summed E-state index contributed by atoms with van der Waals surface area (Å²) >= 11 is 5.25. The van der Waals surface area contributed by atoms with E-state index in [1.54, 1.807) is 0 Å². The molecule has 0 unspecified atom stereocenters. The predicted octanol–water partition coefficient (Wildman–Crippen LogP) is 2.10. The number of nitrogen functional groups attached to an aromatic ring is 1. The number of hydrogen-bond donors (Lipinski definition) is 2. The van der Waals surface area contributed by atoms with Crippen molar-refractivity contribution in [1.29, 1.82) is 0 Å². The summed E-state index contributed by atoms with van der Waals surface area (Å²) in [6.45, 7) is 2.19. The molecule has 0 atom stereocenters. The number of benzene rings is 1. The van der Waals surface area contributed by atoms with Crippen molar-refractivity contribution in [3.63, 3.8) is 0 Å². The highest BCUT2D eigenvalue weighted by molar-refractivity contribution is 9.10. The summed E-state index contributed by atoms with van der Waals surface area (Å²) in [6.07, 6.45) is 0. The molecule has 0 saturated carbocycles. The number of nitrogens with one attached hydrogen (secondary N) is 1. The van der Waals surface area contributed by atoms with E-state index in [9.17, 15) is 0 Å². The lowest BCUT2D eigenvalue weighted by Gasteiger charge is -2.26. The molecule has 70 valence electrons. The second-order valence-corrected chi connectivity index (χ2v) is 5.34. The Morgan fingerprint density at radius 3 is 2.77 bits per heavy atom. The van der Waals surface area contributed by atoms with Gasteiger partial charge in [-0.1, -0.05) is 15.9 Å². The van der Waals surface area contributed by atoms with Gasteiger partial charge in [-0.05, 0) is 18.2 Å². The smallest absolute Gasteiger partial charge is 0.0463 e. The normalized spacial score (nSPS) is 17.0. The van der Waals surface area contributed by atoms with E-state index in [1.807, 2.05) is 23.9 Å². The van der Waals surface area contributed by atoms with E-state index >= 15 is 0 Å². The fourth-order valence-corrected chi connectivity index (χ4v) is 2.63. The molecule has 1 heterocycles. The van der Waals surface area contributed by atoms with Gasteiger partial charge in [-0.3, -0.25) is 0 Å². The van der Waals surface area contributed by atoms with Gasteiger partial charge >= 0.3 is 0 Å². The first-order valence-electron chi connectivity index (χ1n) is 4.18. The molecule has 3 N–H and O–H groups in total. The van der Waals surface area contributed by atoms with Gasteiger partial charge in [-0.2, -0.15) is 0 Å². The lowest BCUT2D eigenvalue weighted by molar-refractivity contribution is 0.544. The van der Waals surface area contributed by atoms with Crippen LogP contribution in [0.15, 0.2) is 27.6 Å². The molecular weight excluding hydrogens is 248 g/mol. The van der Waals surface area contributed by atoms with Crippen LogP contribution in [-0.2, 0) is 0 Å². The summed E-state index contributed by atoms with van der Waals surface area (Å²) in [5.74, 6) is 0. The van der Waals surface area contributed by atoms with Gasteiger partial charge in [0, 0.05) is 33.4 Å². The van der Waals surface area contributed by atoms with Crippen molar-refractivity contribution < 1.29 is 0 Å². The Morgan fingerprint density at radius 2 is 2.23 bits per heavy atom. The minimum atomic E-state index is 0.698. The first-order chi connectivity index (χ1) is 6.25. The third-order valence-electron chi connectivity index (χ3n) is 2.01. The number of anilines is 1. The highest BCUT2D eigenvalue weighted by Crippen LogP contribution is 2.31. The maximum Gasteiger partial charge on any atom is 0.0463 e. The number of halogens is 1. The van der Waals surface area contributed by atoms with Gasteiger partial charge in [-0.25, -0.2) is 0 Å². The van der Waals surface area contributed by atoms with Crippen LogP contribution in [-0.4, -0.2) is 18.3 Å². The van der Waals surface area contributed by atoms with Crippen LogP contribution in [0.1, 0.15) is 0 Å². The molecule has 4 heteroatoms. The molecule has 1 aromatic carbocycles. The Bertz CT molecular complexity index is 312. The topological polar surface area (TPSA) is 38.0 Å². The van der Waals surface area contributed by atoms with Gasteiger partial charge in [0.1, 0.15) is 0 Å². The van der Waals surface area contributed by atoms with Crippen LogP contribution >= 0.6 is 27.7 Å². The largest absolute Gasteiger partial charge is 0.398 e. The highest BCUT2D eigenvalue weighted by atomic mass is 79.9. The van der Waals surface area contributed by atoms with E-state index in [4.69, 9.17) is 5.73 Å². The molecule has 1 aromatic rings.